The van der Waals surface area contributed by atoms with Crippen LogP contribution in [0.3, 0.4) is 0 Å². The lowest BCUT2D eigenvalue weighted by atomic mass is 9.85. The Morgan fingerprint density at radius 2 is 1.81 bits per heavy atom. The molecule has 31 heavy (non-hydrogen) atoms. The van der Waals surface area contributed by atoms with Gasteiger partial charge in [-0.3, -0.25) is 14.5 Å². The van der Waals surface area contributed by atoms with Gasteiger partial charge in [0.25, 0.3) is 0 Å². The summed E-state index contributed by atoms with van der Waals surface area (Å²) in [6, 6.07) is -0.573. The second-order valence-electron chi connectivity index (χ2n) is 9.23. The fourth-order valence-electron chi connectivity index (χ4n) is 3.56. The summed E-state index contributed by atoms with van der Waals surface area (Å²) in [4.78, 5) is 40.9. The van der Waals surface area contributed by atoms with E-state index in [1.807, 2.05) is 34.6 Å². The number of carboxylic acid groups (broad SMARTS) is 1. The minimum atomic E-state index is -1.01. The van der Waals surface area contributed by atoms with Crippen LogP contribution < -0.4 is 5.32 Å². The van der Waals surface area contributed by atoms with Crippen molar-refractivity contribution in [2.45, 2.75) is 99.2 Å². The van der Waals surface area contributed by atoms with E-state index < -0.39 is 17.4 Å². The van der Waals surface area contributed by atoms with E-state index in [0.29, 0.717) is 6.04 Å². The Balaban J connectivity index is 0.00000436. The molecule has 0 bridgehead atoms. The lowest BCUT2D eigenvalue weighted by Gasteiger charge is -2.40. The van der Waals surface area contributed by atoms with Crippen LogP contribution in [0.4, 0.5) is 0 Å². The second kappa shape index (κ2) is 13.5. The molecule has 2 amide bonds. The molecule has 0 aromatic carbocycles. The van der Waals surface area contributed by atoms with E-state index in [2.05, 4.69) is 24.1 Å². The lowest BCUT2D eigenvalue weighted by molar-refractivity contribution is -0.140. The molecule has 0 spiro atoms. The zero-order chi connectivity index (χ0) is 24.4. The number of carbonyl (C=O) groups is 3. The van der Waals surface area contributed by atoms with Crippen molar-refractivity contribution in [3.8, 4) is 0 Å². The summed E-state index contributed by atoms with van der Waals surface area (Å²) in [6.45, 7) is 16.6. The molecule has 7 nitrogen and oxygen atoms in total. The molecule has 0 saturated carbocycles. The van der Waals surface area contributed by atoms with Gasteiger partial charge in [0.15, 0.2) is 0 Å². The molecule has 1 aliphatic rings. The number of carboxylic acids is 1. The van der Waals surface area contributed by atoms with E-state index >= 15 is 0 Å². The highest BCUT2D eigenvalue weighted by atomic mass is 16.4. The number of nitrogens with one attached hydrogen (secondary N) is 1. The summed E-state index contributed by atoms with van der Waals surface area (Å²) in [5.74, 6) is -1.32. The molecule has 1 aliphatic heterocycles. The molecule has 1 saturated heterocycles. The van der Waals surface area contributed by atoms with Crippen molar-refractivity contribution >= 4 is 17.8 Å². The highest BCUT2D eigenvalue weighted by Gasteiger charge is 2.38. The van der Waals surface area contributed by atoms with Gasteiger partial charge in [-0.15, -0.1) is 0 Å². The van der Waals surface area contributed by atoms with E-state index in [1.165, 1.54) is 17.9 Å². The zero-order valence-electron chi connectivity index (χ0n) is 21.1. The van der Waals surface area contributed by atoms with Crippen molar-refractivity contribution in [1.82, 2.24) is 15.1 Å². The van der Waals surface area contributed by atoms with Crippen LogP contribution in [0.15, 0.2) is 11.6 Å². The first-order chi connectivity index (χ1) is 14.4. The number of hydrogen-bond donors (Lipinski definition) is 2. The van der Waals surface area contributed by atoms with Crippen LogP contribution >= 0.6 is 0 Å². The smallest absolute Gasteiger partial charge is 0.331 e. The normalized spacial score (nSPS) is 19.5. The van der Waals surface area contributed by atoms with E-state index in [-0.39, 0.29) is 30.0 Å². The molecule has 1 rings (SSSR count). The molecule has 3 unspecified atom stereocenters. The van der Waals surface area contributed by atoms with E-state index in [1.54, 1.807) is 7.05 Å². The van der Waals surface area contributed by atoms with Gasteiger partial charge in [0.2, 0.25) is 11.8 Å². The zero-order valence-corrected chi connectivity index (χ0v) is 21.1. The fourth-order valence-corrected chi connectivity index (χ4v) is 3.56. The van der Waals surface area contributed by atoms with Crippen LogP contribution in [0.5, 0.6) is 0 Å². The van der Waals surface area contributed by atoms with E-state index in [9.17, 15) is 14.4 Å². The van der Waals surface area contributed by atoms with Gasteiger partial charge in [-0.25, -0.2) is 4.79 Å². The van der Waals surface area contributed by atoms with Crippen molar-refractivity contribution in [3.63, 3.8) is 0 Å². The predicted molar refractivity (Wildman–Crippen MR) is 126 cm³/mol. The summed E-state index contributed by atoms with van der Waals surface area (Å²) in [7, 11) is 1.63. The number of hydrogen-bond acceptors (Lipinski definition) is 4. The Hall–Kier alpha value is -1.89. The van der Waals surface area contributed by atoms with Gasteiger partial charge in [0.05, 0.1) is 6.04 Å². The van der Waals surface area contributed by atoms with E-state index in [0.717, 1.165) is 32.2 Å². The summed E-state index contributed by atoms with van der Waals surface area (Å²) in [5, 5.41) is 12.0. The van der Waals surface area contributed by atoms with Crippen molar-refractivity contribution in [2.24, 2.45) is 5.41 Å². The molecule has 1 fully saturated rings. The number of piperidine rings is 1. The van der Waals surface area contributed by atoms with Crippen molar-refractivity contribution in [3.05, 3.63) is 11.6 Å². The third-order valence-corrected chi connectivity index (χ3v) is 5.79. The second-order valence-corrected chi connectivity index (χ2v) is 9.23. The number of nitrogens with zero attached hydrogens (tertiary/aromatic N) is 2. The van der Waals surface area contributed by atoms with Crippen LogP contribution in [-0.4, -0.2) is 71.0 Å². The molecular weight excluding hydrogens is 394 g/mol. The molecule has 0 aromatic rings. The van der Waals surface area contributed by atoms with Gasteiger partial charge in [-0.2, -0.15) is 0 Å². The summed E-state index contributed by atoms with van der Waals surface area (Å²) in [5.41, 5.74) is -0.282. The number of likely N-dealkylation sites (N-methyl/N-ethyl adjacent to an activating group) is 1. The quantitative estimate of drug-likeness (QED) is 0.563. The predicted octanol–water partition coefficient (Wildman–Crippen LogP) is 3.69. The molecule has 3 atom stereocenters. The molecule has 2 N–H and O–H groups in total. The first-order valence-corrected chi connectivity index (χ1v) is 11.6. The maximum Gasteiger partial charge on any atom is 0.331 e. The van der Waals surface area contributed by atoms with Crippen molar-refractivity contribution in [1.29, 1.82) is 0 Å². The Kier molecular flexibility index (Phi) is 12.7. The number of amides is 2. The SMILES string of the molecule is CC.CCC(C)N1CCCCC1C(=O)NC(C(=O)N(C)C/C=C(\C)C(=O)O)C(C)(C)C. The Labute approximate surface area is 189 Å². The van der Waals surface area contributed by atoms with Gasteiger partial charge in [0, 0.05) is 25.2 Å². The average molecular weight is 440 g/mol. The standard InChI is InChI=1S/C22H39N3O4.C2H6/c1-8-16(3)25-13-10-9-11-17(25)19(26)23-18(22(4,5)6)20(27)24(7)14-12-15(2)21(28)29;1-2/h12,16-18H,8-11,13-14H2,1-7H3,(H,23,26)(H,28,29);1-2H3/b15-12+;. The van der Waals surface area contributed by atoms with Gasteiger partial charge in [0.1, 0.15) is 6.04 Å². The minimum absolute atomic E-state index is 0.0936. The van der Waals surface area contributed by atoms with Gasteiger partial charge in [-0.1, -0.05) is 54.0 Å². The highest BCUT2D eigenvalue weighted by Crippen LogP contribution is 2.24. The van der Waals surface area contributed by atoms with Crippen molar-refractivity contribution < 1.29 is 19.5 Å². The maximum absolute atomic E-state index is 13.2. The molecular formula is C24H45N3O4. The average Bonchev–Trinajstić information content (AvgIpc) is 2.74. The number of carbonyl (C=O) groups excluding carboxylic acids is 2. The molecule has 0 aromatic heterocycles. The van der Waals surface area contributed by atoms with Gasteiger partial charge >= 0.3 is 5.97 Å². The lowest BCUT2D eigenvalue weighted by Crippen LogP contribution is -2.59. The van der Waals surface area contributed by atoms with Crippen molar-refractivity contribution in [2.75, 3.05) is 20.1 Å². The van der Waals surface area contributed by atoms with Gasteiger partial charge < -0.3 is 15.3 Å². The van der Waals surface area contributed by atoms with Crippen LogP contribution in [-0.2, 0) is 14.4 Å². The van der Waals surface area contributed by atoms with E-state index in [4.69, 9.17) is 5.11 Å². The van der Waals surface area contributed by atoms with Crippen LogP contribution in [0.2, 0.25) is 0 Å². The number of aliphatic carboxylic acids is 1. The minimum Gasteiger partial charge on any atom is -0.478 e. The third kappa shape index (κ3) is 9.01. The summed E-state index contributed by atoms with van der Waals surface area (Å²) < 4.78 is 0. The molecule has 0 radical (unpaired) electrons. The fraction of sp³-hybridized carbons (Fsp3) is 0.792. The van der Waals surface area contributed by atoms with Crippen LogP contribution in [0.1, 0.15) is 81.1 Å². The first kappa shape index (κ1) is 29.1. The number of rotatable bonds is 8. The first-order valence-electron chi connectivity index (χ1n) is 11.6. The summed E-state index contributed by atoms with van der Waals surface area (Å²) >= 11 is 0. The van der Waals surface area contributed by atoms with Gasteiger partial charge in [-0.05, 0) is 45.1 Å². The molecule has 1 heterocycles. The Morgan fingerprint density at radius 1 is 1.23 bits per heavy atom. The Morgan fingerprint density at radius 3 is 2.29 bits per heavy atom. The summed E-state index contributed by atoms with van der Waals surface area (Å²) in [6.07, 6.45) is 5.39. The third-order valence-electron chi connectivity index (χ3n) is 5.79. The van der Waals surface area contributed by atoms with Crippen LogP contribution in [0, 0.1) is 5.41 Å². The van der Waals surface area contributed by atoms with Crippen LogP contribution in [0.25, 0.3) is 0 Å². The highest BCUT2D eigenvalue weighted by molar-refractivity contribution is 5.90. The Bertz CT molecular complexity index is 625. The largest absolute Gasteiger partial charge is 0.478 e. The topological polar surface area (TPSA) is 90.0 Å². The molecule has 180 valence electrons. The molecule has 0 aliphatic carbocycles. The molecule has 7 heteroatoms. The maximum atomic E-state index is 13.2. The monoisotopic (exact) mass is 439 g/mol. The number of likely N-dealkylation sites (tertiary alicyclic amines) is 1.